The molecule has 3 aliphatic rings. The number of fused-ring (bicyclic) bond motifs is 1. The van der Waals surface area contributed by atoms with Gasteiger partial charge in [-0.1, -0.05) is 35.6 Å². The highest BCUT2D eigenvalue weighted by Gasteiger charge is 2.31. The van der Waals surface area contributed by atoms with Crippen molar-refractivity contribution in [3.05, 3.63) is 35.4 Å². The maximum atomic E-state index is 13.1. The topological polar surface area (TPSA) is 78.4 Å². The van der Waals surface area contributed by atoms with E-state index in [4.69, 9.17) is 0 Å². The normalized spacial score (nSPS) is 24.1. The fraction of sp³-hybridized carbons (Fsp3) is 0.545. The lowest BCUT2D eigenvalue weighted by molar-refractivity contribution is -0.126. The number of carbonyl (C=O) groups is 2. The van der Waals surface area contributed by atoms with Crippen LogP contribution in [0.25, 0.3) is 0 Å². The second-order valence-electron chi connectivity index (χ2n) is 8.45. The van der Waals surface area contributed by atoms with Crippen molar-refractivity contribution in [2.75, 3.05) is 29.4 Å². The van der Waals surface area contributed by atoms with Gasteiger partial charge in [0.15, 0.2) is 0 Å². The van der Waals surface area contributed by atoms with Crippen molar-refractivity contribution in [2.45, 2.75) is 51.0 Å². The summed E-state index contributed by atoms with van der Waals surface area (Å²) in [5, 5.41) is 13.4. The smallest absolute Gasteiger partial charge is 0.228 e. The van der Waals surface area contributed by atoms with Crippen LogP contribution < -0.4 is 15.1 Å². The van der Waals surface area contributed by atoms with E-state index in [0.717, 1.165) is 56.7 Å². The number of piperidine rings is 1. The standard InChI is InChI=1S/C22H27N5O2S/c28-19-11-5-13-27(19)22-25-24-21(30-22)26-12-4-8-16(14-26)20(29)23-18-10-3-7-15-6-1-2-9-17(15)18/h1-2,6,9,16,18H,3-5,7-8,10-14H2,(H,23,29). The number of nitrogens with one attached hydrogen (secondary N) is 1. The zero-order valence-electron chi connectivity index (χ0n) is 17.0. The molecule has 2 fully saturated rings. The Morgan fingerprint density at radius 3 is 2.77 bits per heavy atom. The zero-order chi connectivity index (χ0) is 20.5. The highest BCUT2D eigenvalue weighted by atomic mass is 32.1. The highest BCUT2D eigenvalue weighted by molar-refractivity contribution is 7.19. The Morgan fingerprint density at radius 1 is 1.03 bits per heavy atom. The molecule has 7 nitrogen and oxygen atoms in total. The molecule has 3 heterocycles. The van der Waals surface area contributed by atoms with Crippen LogP contribution in [0.5, 0.6) is 0 Å². The minimum Gasteiger partial charge on any atom is -0.349 e. The van der Waals surface area contributed by atoms with Gasteiger partial charge >= 0.3 is 0 Å². The second kappa shape index (κ2) is 8.34. The molecule has 1 aliphatic carbocycles. The highest BCUT2D eigenvalue weighted by Crippen LogP contribution is 2.33. The van der Waals surface area contributed by atoms with Gasteiger partial charge in [0, 0.05) is 26.1 Å². The van der Waals surface area contributed by atoms with Gasteiger partial charge in [-0.3, -0.25) is 14.5 Å². The third kappa shape index (κ3) is 3.80. The van der Waals surface area contributed by atoms with E-state index in [1.165, 1.54) is 22.5 Å². The quantitative estimate of drug-likeness (QED) is 0.815. The van der Waals surface area contributed by atoms with Crippen LogP contribution in [0, 0.1) is 5.92 Å². The number of nitrogens with zero attached hydrogens (tertiary/aromatic N) is 4. The summed E-state index contributed by atoms with van der Waals surface area (Å²) in [6, 6.07) is 8.58. The number of amides is 2. The molecule has 0 saturated carbocycles. The van der Waals surface area contributed by atoms with Gasteiger partial charge in [0.1, 0.15) is 0 Å². The summed E-state index contributed by atoms with van der Waals surface area (Å²) in [4.78, 5) is 29.0. The van der Waals surface area contributed by atoms with Gasteiger partial charge in [0.25, 0.3) is 0 Å². The molecule has 0 spiro atoms. The second-order valence-corrected chi connectivity index (χ2v) is 9.39. The van der Waals surface area contributed by atoms with Crippen molar-refractivity contribution < 1.29 is 9.59 Å². The SMILES string of the molecule is O=C(NC1CCCc2ccccc21)C1CCCN(c2nnc(N3CCCC3=O)s2)C1. The molecule has 158 valence electrons. The van der Waals surface area contributed by atoms with Gasteiger partial charge < -0.3 is 10.2 Å². The summed E-state index contributed by atoms with van der Waals surface area (Å²) in [7, 11) is 0. The Hall–Kier alpha value is -2.48. The first-order valence-electron chi connectivity index (χ1n) is 11.0. The fourth-order valence-electron chi connectivity index (χ4n) is 4.85. The van der Waals surface area contributed by atoms with E-state index < -0.39 is 0 Å². The van der Waals surface area contributed by atoms with Crippen LogP contribution in [0.15, 0.2) is 24.3 Å². The summed E-state index contributed by atoms with van der Waals surface area (Å²) in [6.07, 6.45) is 6.53. The fourth-order valence-corrected chi connectivity index (χ4v) is 5.78. The first-order valence-corrected chi connectivity index (χ1v) is 11.8. The Morgan fingerprint density at radius 2 is 1.90 bits per heavy atom. The molecule has 8 heteroatoms. The molecule has 0 radical (unpaired) electrons. The number of hydrogen-bond donors (Lipinski definition) is 1. The van der Waals surface area contributed by atoms with Crippen molar-refractivity contribution in [2.24, 2.45) is 5.92 Å². The number of rotatable bonds is 4. The average molecular weight is 426 g/mol. The minimum absolute atomic E-state index is 0.0476. The van der Waals surface area contributed by atoms with Crippen LogP contribution in [0.2, 0.25) is 0 Å². The van der Waals surface area contributed by atoms with Gasteiger partial charge in [0.05, 0.1) is 12.0 Å². The van der Waals surface area contributed by atoms with E-state index >= 15 is 0 Å². The van der Waals surface area contributed by atoms with Gasteiger partial charge in [-0.05, 0) is 49.7 Å². The third-order valence-corrected chi connectivity index (χ3v) is 7.46. The summed E-state index contributed by atoms with van der Waals surface area (Å²) < 4.78 is 0. The van der Waals surface area contributed by atoms with Gasteiger partial charge in [-0.25, -0.2) is 0 Å². The molecule has 2 aliphatic heterocycles. The van der Waals surface area contributed by atoms with Crippen molar-refractivity contribution in [1.29, 1.82) is 0 Å². The van der Waals surface area contributed by atoms with Gasteiger partial charge in [-0.2, -0.15) is 0 Å². The van der Waals surface area contributed by atoms with Gasteiger partial charge in [0.2, 0.25) is 22.1 Å². The first-order chi connectivity index (χ1) is 14.7. The molecular weight excluding hydrogens is 398 g/mol. The lowest BCUT2D eigenvalue weighted by Crippen LogP contribution is -2.44. The molecule has 1 aromatic heterocycles. The molecule has 30 heavy (non-hydrogen) atoms. The van der Waals surface area contributed by atoms with Crippen LogP contribution in [-0.2, 0) is 16.0 Å². The van der Waals surface area contributed by atoms with Crippen LogP contribution in [-0.4, -0.2) is 41.6 Å². The number of benzene rings is 1. The average Bonchev–Trinajstić information content (AvgIpc) is 3.43. The lowest BCUT2D eigenvalue weighted by Gasteiger charge is -2.33. The Kier molecular flexibility index (Phi) is 5.41. The third-order valence-electron chi connectivity index (χ3n) is 6.46. The molecule has 5 rings (SSSR count). The molecule has 2 saturated heterocycles. The Labute approximate surface area is 180 Å². The van der Waals surface area contributed by atoms with E-state index in [1.807, 2.05) is 0 Å². The molecular formula is C22H27N5O2S. The van der Waals surface area contributed by atoms with E-state index in [1.54, 1.807) is 4.90 Å². The van der Waals surface area contributed by atoms with E-state index in [0.29, 0.717) is 18.1 Å². The first kappa shape index (κ1) is 19.5. The number of carbonyl (C=O) groups excluding carboxylic acids is 2. The molecule has 1 N–H and O–H groups in total. The zero-order valence-corrected chi connectivity index (χ0v) is 17.9. The lowest BCUT2D eigenvalue weighted by atomic mass is 9.87. The monoisotopic (exact) mass is 425 g/mol. The number of anilines is 2. The largest absolute Gasteiger partial charge is 0.349 e. The van der Waals surface area contributed by atoms with Crippen LogP contribution in [0.4, 0.5) is 10.3 Å². The molecule has 1 aromatic carbocycles. The molecule has 2 amide bonds. The van der Waals surface area contributed by atoms with Gasteiger partial charge in [-0.15, -0.1) is 10.2 Å². The number of aryl methyl sites for hydroxylation is 1. The number of hydrogen-bond acceptors (Lipinski definition) is 6. The van der Waals surface area contributed by atoms with Crippen LogP contribution in [0.3, 0.4) is 0 Å². The summed E-state index contributed by atoms with van der Waals surface area (Å²) in [5.74, 6) is 0.218. The molecule has 0 bridgehead atoms. The summed E-state index contributed by atoms with van der Waals surface area (Å²) in [6.45, 7) is 2.25. The van der Waals surface area contributed by atoms with Crippen molar-refractivity contribution in [3.63, 3.8) is 0 Å². The molecule has 2 aromatic rings. The minimum atomic E-state index is -0.0476. The predicted octanol–water partition coefficient (Wildman–Crippen LogP) is 3.08. The number of aromatic nitrogens is 2. The summed E-state index contributed by atoms with van der Waals surface area (Å²) in [5.41, 5.74) is 2.63. The summed E-state index contributed by atoms with van der Waals surface area (Å²) >= 11 is 1.46. The van der Waals surface area contributed by atoms with Crippen molar-refractivity contribution in [3.8, 4) is 0 Å². The maximum absolute atomic E-state index is 13.1. The van der Waals surface area contributed by atoms with E-state index in [-0.39, 0.29) is 23.8 Å². The molecule has 2 atom stereocenters. The van der Waals surface area contributed by atoms with Crippen molar-refractivity contribution in [1.82, 2.24) is 15.5 Å². The Bertz CT molecular complexity index is 945. The van der Waals surface area contributed by atoms with E-state index in [2.05, 4.69) is 44.7 Å². The predicted molar refractivity (Wildman–Crippen MR) is 117 cm³/mol. The van der Waals surface area contributed by atoms with Crippen molar-refractivity contribution >= 4 is 33.4 Å². The Balaban J connectivity index is 1.24. The van der Waals surface area contributed by atoms with Crippen LogP contribution >= 0.6 is 11.3 Å². The molecule has 2 unspecified atom stereocenters. The van der Waals surface area contributed by atoms with Crippen LogP contribution in [0.1, 0.15) is 55.7 Å². The van der Waals surface area contributed by atoms with E-state index in [9.17, 15) is 9.59 Å². The maximum Gasteiger partial charge on any atom is 0.228 e.